The van der Waals surface area contributed by atoms with Gasteiger partial charge in [0.2, 0.25) is 0 Å². The molecular weight excluding hydrogens is 368 g/mol. The summed E-state index contributed by atoms with van der Waals surface area (Å²) in [6.45, 7) is 6.47. The average molecular weight is 392 g/mol. The molecule has 150 valence electrons. The number of hydrogen-bond acceptors (Lipinski definition) is 7. The van der Waals surface area contributed by atoms with Gasteiger partial charge < -0.3 is 15.4 Å². The minimum atomic E-state index is -0.151. The largest absolute Gasteiger partial charge is 0.381 e. The standard InChI is InChI=1S/C21H24N6O2/c1-14(2)27-17(28)9-8-16(25-27)19-18(15-6-4-3-5-7-15)23-20(22)21(24-19)26-10-12-29-13-11-26/h3-9,14H,10-13H2,1-2H3,(H2,22,23). The lowest BCUT2D eigenvalue weighted by molar-refractivity contribution is 0.122. The Kier molecular flexibility index (Phi) is 5.26. The molecule has 4 rings (SSSR count). The lowest BCUT2D eigenvalue weighted by atomic mass is 10.1. The van der Waals surface area contributed by atoms with Crippen molar-refractivity contribution in [1.82, 2.24) is 19.7 Å². The molecule has 3 aromatic rings. The van der Waals surface area contributed by atoms with Gasteiger partial charge in [0.1, 0.15) is 17.1 Å². The number of nitrogens with two attached hydrogens (primary N) is 1. The number of nitrogen functional groups attached to an aromatic ring is 1. The van der Waals surface area contributed by atoms with E-state index in [4.69, 9.17) is 20.4 Å². The Hall–Kier alpha value is -3.26. The predicted octanol–water partition coefficient (Wildman–Crippen LogP) is 2.37. The highest BCUT2D eigenvalue weighted by Gasteiger charge is 2.22. The number of hydrogen-bond donors (Lipinski definition) is 1. The molecule has 0 saturated carbocycles. The molecule has 3 heterocycles. The summed E-state index contributed by atoms with van der Waals surface area (Å²) in [6.07, 6.45) is 0. The van der Waals surface area contributed by atoms with Gasteiger partial charge in [-0.3, -0.25) is 4.79 Å². The molecule has 0 bridgehead atoms. The number of aromatic nitrogens is 4. The topological polar surface area (TPSA) is 99.2 Å². The molecule has 1 fully saturated rings. The minimum Gasteiger partial charge on any atom is -0.381 e. The van der Waals surface area contributed by atoms with Gasteiger partial charge >= 0.3 is 0 Å². The molecule has 29 heavy (non-hydrogen) atoms. The zero-order valence-corrected chi connectivity index (χ0v) is 16.6. The van der Waals surface area contributed by atoms with E-state index in [2.05, 4.69) is 10.00 Å². The lowest BCUT2D eigenvalue weighted by Crippen LogP contribution is -2.37. The highest BCUT2D eigenvalue weighted by molar-refractivity contribution is 5.80. The first-order chi connectivity index (χ1) is 14.0. The summed E-state index contributed by atoms with van der Waals surface area (Å²) in [5, 5.41) is 4.56. The van der Waals surface area contributed by atoms with Crippen molar-refractivity contribution in [3.63, 3.8) is 0 Å². The van der Waals surface area contributed by atoms with Crippen LogP contribution in [-0.4, -0.2) is 46.1 Å². The SMILES string of the molecule is CC(C)n1nc(-c2nc(N3CCOCC3)c(N)nc2-c2ccccc2)ccc1=O. The Balaban J connectivity index is 1.92. The zero-order valence-electron chi connectivity index (χ0n) is 16.6. The van der Waals surface area contributed by atoms with Crippen LogP contribution < -0.4 is 16.2 Å². The molecule has 0 amide bonds. The summed E-state index contributed by atoms with van der Waals surface area (Å²) in [7, 11) is 0. The molecular formula is C21H24N6O2. The van der Waals surface area contributed by atoms with Crippen LogP contribution in [0.15, 0.2) is 47.3 Å². The molecule has 0 aliphatic carbocycles. The molecule has 0 spiro atoms. The van der Waals surface area contributed by atoms with Crippen LogP contribution in [0.2, 0.25) is 0 Å². The smallest absolute Gasteiger partial charge is 0.267 e. The van der Waals surface area contributed by atoms with Crippen LogP contribution in [0.4, 0.5) is 11.6 Å². The summed E-state index contributed by atoms with van der Waals surface area (Å²) >= 11 is 0. The fraction of sp³-hybridized carbons (Fsp3) is 0.333. The average Bonchev–Trinajstić information content (AvgIpc) is 2.75. The number of ether oxygens (including phenoxy) is 1. The highest BCUT2D eigenvalue weighted by atomic mass is 16.5. The monoisotopic (exact) mass is 392 g/mol. The molecule has 1 aromatic carbocycles. The summed E-state index contributed by atoms with van der Waals surface area (Å²) < 4.78 is 6.90. The quantitative estimate of drug-likeness (QED) is 0.728. The van der Waals surface area contributed by atoms with E-state index in [0.29, 0.717) is 55.0 Å². The first-order valence-corrected chi connectivity index (χ1v) is 9.70. The highest BCUT2D eigenvalue weighted by Crippen LogP contribution is 2.32. The van der Waals surface area contributed by atoms with Crippen molar-refractivity contribution in [3.05, 3.63) is 52.8 Å². The van der Waals surface area contributed by atoms with Gasteiger partial charge in [0.25, 0.3) is 5.56 Å². The second-order valence-corrected chi connectivity index (χ2v) is 7.19. The predicted molar refractivity (Wildman–Crippen MR) is 113 cm³/mol. The summed E-state index contributed by atoms with van der Waals surface area (Å²) in [4.78, 5) is 23.8. The van der Waals surface area contributed by atoms with Crippen LogP contribution >= 0.6 is 0 Å². The third-order valence-corrected chi connectivity index (χ3v) is 4.82. The van der Waals surface area contributed by atoms with E-state index < -0.39 is 0 Å². The van der Waals surface area contributed by atoms with E-state index in [1.165, 1.54) is 10.7 Å². The number of morpholine rings is 1. The molecule has 2 aromatic heterocycles. The number of nitrogens with zero attached hydrogens (tertiary/aromatic N) is 5. The molecule has 0 radical (unpaired) electrons. The van der Waals surface area contributed by atoms with Crippen LogP contribution in [0, 0.1) is 0 Å². The van der Waals surface area contributed by atoms with Crippen LogP contribution in [0.25, 0.3) is 22.6 Å². The van der Waals surface area contributed by atoms with Gasteiger partial charge in [-0.05, 0) is 19.9 Å². The maximum absolute atomic E-state index is 12.2. The summed E-state index contributed by atoms with van der Waals surface area (Å²) in [5.41, 5.74) is 8.87. The first-order valence-electron chi connectivity index (χ1n) is 9.70. The van der Waals surface area contributed by atoms with Crippen LogP contribution in [0.5, 0.6) is 0 Å². The lowest BCUT2D eigenvalue weighted by Gasteiger charge is -2.29. The Morgan fingerprint density at radius 1 is 1.00 bits per heavy atom. The van der Waals surface area contributed by atoms with E-state index >= 15 is 0 Å². The van der Waals surface area contributed by atoms with Gasteiger partial charge in [0.05, 0.1) is 19.3 Å². The molecule has 8 nitrogen and oxygen atoms in total. The molecule has 0 atom stereocenters. The van der Waals surface area contributed by atoms with Crippen LogP contribution in [-0.2, 0) is 4.74 Å². The zero-order chi connectivity index (χ0) is 20.4. The molecule has 1 aliphatic heterocycles. The number of anilines is 2. The third kappa shape index (κ3) is 3.84. The number of benzene rings is 1. The van der Waals surface area contributed by atoms with Gasteiger partial charge in [-0.25, -0.2) is 14.6 Å². The Morgan fingerprint density at radius 2 is 1.72 bits per heavy atom. The van der Waals surface area contributed by atoms with E-state index in [9.17, 15) is 4.79 Å². The Morgan fingerprint density at radius 3 is 2.41 bits per heavy atom. The van der Waals surface area contributed by atoms with Crippen molar-refractivity contribution in [3.8, 4) is 22.6 Å². The van der Waals surface area contributed by atoms with E-state index in [1.807, 2.05) is 44.2 Å². The summed E-state index contributed by atoms with van der Waals surface area (Å²) in [5.74, 6) is 0.985. The van der Waals surface area contributed by atoms with Gasteiger partial charge in [0, 0.05) is 24.7 Å². The van der Waals surface area contributed by atoms with E-state index in [0.717, 1.165) is 5.56 Å². The molecule has 1 aliphatic rings. The van der Waals surface area contributed by atoms with Crippen LogP contribution in [0.3, 0.4) is 0 Å². The second-order valence-electron chi connectivity index (χ2n) is 7.19. The fourth-order valence-electron chi connectivity index (χ4n) is 3.34. The first kappa shape index (κ1) is 19.1. The van der Waals surface area contributed by atoms with Crippen molar-refractivity contribution in [1.29, 1.82) is 0 Å². The van der Waals surface area contributed by atoms with E-state index in [-0.39, 0.29) is 11.6 Å². The van der Waals surface area contributed by atoms with Crippen molar-refractivity contribution in [2.24, 2.45) is 0 Å². The number of rotatable bonds is 4. The molecule has 1 saturated heterocycles. The Bertz CT molecular complexity index is 1060. The van der Waals surface area contributed by atoms with Gasteiger partial charge in [0.15, 0.2) is 11.6 Å². The van der Waals surface area contributed by atoms with Gasteiger partial charge in [-0.15, -0.1) is 0 Å². The van der Waals surface area contributed by atoms with Crippen molar-refractivity contribution >= 4 is 11.6 Å². The van der Waals surface area contributed by atoms with Crippen molar-refractivity contribution in [2.75, 3.05) is 36.9 Å². The maximum atomic E-state index is 12.2. The van der Waals surface area contributed by atoms with Gasteiger partial charge in [-0.1, -0.05) is 30.3 Å². The van der Waals surface area contributed by atoms with Crippen molar-refractivity contribution in [2.45, 2.75) is 19.9 Å². The summed E-state index contributed by atoms with van der Waals surface area (Å²) in [6, 6.07) is 12.9. The molecule has 8 heteroatoms. The van der Waals surface area contributed by atoms with Crippen LogP contribution in [0.1, 0.15) is 19.9 Å². The van der Waals surface area contributed by atoms with E-state index in [1.54, 1.807) is 6.07 Å². The maximum Gasteiger partial charge on any atom is 0.267 e. The normalized spacial score (nSPS) is 14.4. The molecule has 0 unspecified atom stereocenters. The molecule has 2 N–H and O–H groups in total. The third-order valence-electron chi connectivity index (χ3n) is 4.82. The van der Waals surface area contributed by atoms with Gasteiger partial charge in [-0.2, -0.15) is 5.10 Å². The minimum absolute atomic E-state index is 0.0666. The van der Waals surface area contributed by atoms with Crippen molar-refractivity contribution < 1.29 is 4.74 Å². The second kappa shape index (κ2) is 8.00. The Labute approximate surface area is 169 Å². The fourth-order valence-corrected chi connectivity index (χ4v) is 3.34.